The lowest BCUT2D eigenvalue weighted by atomic mass is 9.85. The highest BCUT2D eigenvalue weighted by atomic mass is 32.2. The highest BCUT2D eigenvalue weighted by molar-refractivity contribution is 7.88. The van der Waals surface area contributed by atoms with Crippen molar-refractivity contribution in [2.24, 2.45) is 11.8 Å². The van der Waals surface area contributed by atoms with Crippen LogP contribution in [0.25, 0.3) is 0 Å². The van der Waals surface area contributed by atoms with E-state index in [0.29, 0.717) is 11.8 Å². The Labute approximate surface area is 140 Å². The molecule has 2 aliphatic carbocycles. The minimum absolute atomic E-state index is 0.107. The Bertz CT molecular complexity index is 603. The molecule has 1 aromatic rings. The van der Waals surface area contributed by atoms with Crippen molar-refractivity contribution in [3.8, 4) is 0 Å². The van der Waals surface area contributed by atoms with Crippen molar-refractivity contribution in [3.63, 3.8) is 0 Å². The molecule has 0 aliphatic heterocycles. The fourth-order valence-electron chi connectivity index (χ4n) is 3.92. The van der Waals surface area contributed by atoms with E-state index in [1.807, 2.05) is 0 Å². The molecule has 2 saturated carbocycles. The van der Waals surface area contributed by atoms with Crippen LogP contribution in [0.15, 0.2) is 30.3 Å². The van der Waals surface area contributed by atoms with E-state index in [1.165, 1.54) is 24.7 Å². The number of rotatable bonds is 7. The van der Waals surface area contributed by atoms with Crippen LogP contribution >= 0.6 is 0 Å². The lowest BCUT2D eigenvalue weighted by molar-refractivity contribution is 0.279. The molecule has 0 heterocycles. The van der Waals surface area contributed by atoms with Crippen LogP contribution in [0.3, 0.4) is 0 Å². The Balaban J connectivity index is 1.43. The van der Waals surface area contributed by atoms with E-state index in [-0.39, 0.29) is 6.04 Å². The summed E-state index contributed by atoms with van der Waals surface area (Å²) in [6, 6.07) is 10.8. The minimum atomic E-state index is -3.11. The fourth-order valence-corrected chi connectivity index (χ4v) is 4.78. The standard InChI is InChI=1S/C18H28N2O2S/c1-23(21,22)20-18-10-6-5-9-15(18)12-19-13-16-11-17(16)14-7-3-2-4-8-14/h2-4,7-8,15-20H,5-6,9-13H2,1H3. The van der Waals surface area contributed by atoms with E-state index in [0.717, 1.165) is 38.3 Å². The molecule has 0 spiro atoms. The third-order valence-electron chi connectivity index (χ3n) is 5.24. The summed E-state index contributed by atoms with van der Waals surface area (Å²) in [6.45, 7) is 1.97. The summed E-state index contributed by atoms with van der Waals surface area (Å²) in [5.41, 5.74) is 1.45. The first kappa shape index (κ1) is 16.9. The largest absolute Gasteiger partial charge is 0.316 e. The first-order chi connectivity index (χ1) is 11.0. The predicted molar refractivity (Wildman–Crippen MR) is 93.9 cm³/mol. The third kappa shape index (κ3) is 5.03. The second kappa shape index (κ2) is 7.32. The van der Waals surface area contributed by atoms with E-state index in [4.69, 9.17) is 0 Å². The maximum atomic E-state index is 11.5. The van der Waals surface area contributed by atoms with Crippen molar-refractivity contribution >= 4 is 10.0 Å². The predicted octanol–water partition coefficient (Wildman–Crippen LogP) is 2.49. The zero-order chi connectivity index (χ0) is 16.3. The van der Waals surface area contributed by atoms with E-state index in [9.17, 15) is 8.42 Å². The van der Waals surface area contributed by atoms with Crippen LogP contribution in [0.4, 0.5) is 0 Å². The van der Waals surface area contributed by atoms with Crippen molar-refractivity contribution in [3.05, 3.63) is 35.9 Å². The van der Waals surface area contributed by atoms with Crippen LogP contribution < -0.4 is 10.0 Å². The molecule has 4 atom stereocenters. The molecule has 0 radical (unpaired) electrons. The van der Waals surface area contributed by atoms with Gasteiger partial charge in [0.05, 0.1) is 6.26 Å². The van der Waals surface area contributed by atoms with Gasteiger partial charge in [-0.3, -0.25) is 0 Å². The molecule has 0 amide bonds. The first-order valence-corrected chi connectivity index (χ1v) is 10.6. The summed E-state index contributed by atoms with van der Waals surface area (Å²) in [6.07, 6.45) is 6.96. The van der Waals surface area contributed by atoms with Crippen molar-refractivity contribution < 1.29 is 8.42 Å². The molecule has 2 aliphatic rings. The maximum Gasteiger partial charge on any atom is 0.208 e. The lowest BCUT2D eigenvalue weighted by Gasteiger charge is -2.31. The molecule has 2 fully saturated rings. The van der Waals surface area contributed by atoms with Crippen molar-refractivity contribution in [2.75, 3.05) is 19.3 Å². The quantitative estimate of drug-likeness (QED) is 0.804. The molecule has 3 rings (SSSR count). The molecular formula is C18H28N2O2S. The summed E-state index contributed by atoms with van der Waals surface area (Å²) in [5.74, 6) is 1.87. The Kier molecular flexibility index (Phi) is 5.39. The number of benzene rings is 1. The van der Waals surface area contributed by atoms with Crippen LogP contribution in [0.5, 0.6) is 0 Å². The maximum absolute atomic E-state index is 11.5. The number of hydrogen-bond donors (Lipinski definition) is 2. The monoisotopic (exact) mass is 336 g/mol. The second-order valence-corrected chi connectivity index (χ2v) is 8.99. The van der Waals surface area contributed by atoms with Gasteiger partial charge in [-0.15, -0.1) is 0 Å². The zero-order valence-electron chi connectivity index (χ0n) is 13.9. The van der Waals surface area contributed by atoms with Gasteiger partial charge in [0.1, 0.15) is 0 Å². The summed E-state index contributed by atoms with van der Waals surface area (Å²) in [4.78, 5) is 0. The van der Waals surface area contributed by atoms with Gasteiger partial charge in [-0.05, 0) is 55.7 Å². The molecular weight excluding hydrogens is 308 g/mol. The molecule has 23 heavy (non-hydrogen) atoms. The Morgan fingerprint density at radius 2 is 1.74 bits per heavy atom. The zero-order valence-corrected chi connectivity index (χ0v) is 14.7. The van der Waals surface area contributed by atoms with Crippen LogP contribution in [-0.4, -0.2) is 33.8 Å². The summed E-state index contributed by atoms with van der Waals surface area (Å²) in [5, 5.41) is 3.60. The molecule has 1 aromatic carbocycles. The summed E-state index contributed by atoms with van der Waals surface area (Å²) in [7, 11) is -3.11. The molecule has 0 bridgehead atoms. The molecule has 0 saturated heterocycles. The van der Waals surface area contributed by atoms with Crippen molar-refractivity contribution in [1.82, 2.24) is 10.0 Å². The van der Waals surface area contributed by atoms with E-state index >= 15 is 0 Å². The van der Waals surface area contributed by atoms with Crippen molar-refractivity contribution in [1.29, 1.82) is 0 Å². The summed E-state index contributed by atoms with van der Waals surface area (Å²) < 4.78 is 25.8. The highest BCUT2D eigenvalue weighted by Crippen LogP contribution is 2.46. The molecule has 128 valence electrons. The van der Waals surface area contributed by atoms with Crippen LogP contribution in [-0.2, 0) is 10.0 Å². The smallest absolute Gasteiger partial charge is 0.208 e. The Morgan fingerprint density at radius 3 is 2.48 bits per heavy atom. The number of sulfonamides is 1. The molecule has 4 unspecified atom stereocenters. The van der Waals surface area contributed by atoms with E-state index in [1.54, 1.807) is 0 Å². The van der Waals surface area contributed by atoms with E-state index in [2.05, 4.69) is 40.4 Å². The molecule has 0 aromatic heterocycles. The molecule has 2 N–H and O–H groups in total. The normalized spacial score (nSPS) is 31.0. The van der Waals surface area contributed by atoms with Crippen LogP contribution in [0.1, 0.15) is 43.6 Å². The molecule has 4 nitrogen and oxygen atoms in total. The van der Waals surface area contributed by atoms with E-state index < -0.39 is 10.0 Å². The lowest BCUT2D eigenvalue weighted by Crippen LogP contribution is -2.45. The molecule has 5 heteroatoms. The third-order valence-corrected chi connectivity index (χ3v) is 5.97. The average Bonchev–Trinajstić information content (AvgIpc) is 3.28. The fraction of sp³-hybridized carbons (Fsp3) is 0.667. The van der Waals surface area contributed by atoms with Crippen LogP contribution in [0.2, 0.25) is 0 Å². The van der Waals surface area contributed by atoms with Gasteiger partial charge >= 0.3 is 0 Å². The topological polar surface area (TPSA) is 58.2 Å². The number of nitrogens with one attached hydrogen (secondary N) is 2. The average molecular weight is 337 g/mol. The van der Waals surface area contributed by atoms with Gasteiger partial charge < -0.3 is 5.32 Å². The SMILES string of the molecule is CS(=O)(=O)NC1CCCCC1CNCC1CC1c1ccccc1. The highest BCUT2D eigenvalue weighted by Gasteiger charge is 2.37. The van der Waals surface area contributed by atoms with Gasteiger partial charge in [-0.2, -0.15) is 0 Å². The van der Waals surface area contributed by atoms with Gasteiger partial charge in [0.25, 0.3) is 0 Å². The van der Waals surface area contributed by atoms with Gasteiger partial charge in [0.2, 0.25) is 10.0 Å². The Morgan fingerprint density at radius 1 is 1.04 bits per heavy atom. The van der Waals surface area contributed by atoms with Crippen LogP contribution in [0, 0.1) is 11.8 Å². The van der Waals surface area contributed by atoms with Gasteiger partial charge in [0.15, 0.2) is 0 Å². The summed E-state index contributed by atoms with van der Waals surface area (Å²) >= 11 is 0. The van der Waals surface area contributed by atoms with Crippen molar-refractivity contribution in [2.45, 2.75) is 44.1 Å². The second-order valence-electron chi connectivity index (χ2n) is 7.21. The number of hydrogen-bond acceptors (Lipinski definition) is 3. The van der Waals surface area contributed by atoms with Gasteiger partial charge in [-0.25, -0.2) is 13.1 Å². The minimum Gasteiger partial charge on any atom is -0.316 e. The first-order valence-electron chi connectivity index (χ1n) is 8.76. The van der Waals surface area contributed by atoms with Gasteiger partial charge in [0, 0.05) is 6.04 Å². The van der Waals surface area contributed by atoms with Gasteiger partial charge in [-0.1, -0.05) is 43.2 Å². The Hall–Kier alpha value is -0.910.